The van der Waals surface area contributed by atoms with Crippen molar-refractivity contribution in [3.05, 3.63) is 92.9 Å². The van der Waals surface area contributed by atoms with Gasteiger partial charge in [0.15, 0.2) is 0 Å². The predicted octanol–water partition coefficient (Wildman–Crippen LogP) is 6.87. The van der Waals surface area contributed by atoms with Crippen molar-refractivity contribution in [1.82, 2.24) is 10.2 Å². The van der Waals surface area contributed by atoms with Crippen LogP contribution in [-0.4, -0.2) is 43.8 Å². The number of sulfonamides is 1. The van der Waals surface area contributed by atoms with E-state index < -0.39 is 28.5 Å². The van der Waals surface area contributed by atoms with Gasteiger partial charge in [0.05, 0.1) is 10.6 Å². The lowest BCUT2D eigenvalue weighted by molar-refractivity contribution is -0.140. The molecule has 11 heteroatoms. The Labute approximate surface area is 257 Å². The zero-order chi connectivity index (χ0) is 30.3. The van der Waals surface area contributed by atoms with Crippen molar-refractivity contribution in [3.8, 4) is 0 Å². The predicted molar refractivity (Wildman–Crippen MR) is 166 cm³/mol. The quantitative estimate of drug-likeness (QED) is 0.235. The standard InChI is InChI=1S/C30H34Cl3N3O4S/c1-5-21(4)34-30(38)28(6-2)35(18-25-26(32)11-8-12-27(25)33)29(37)19-36(23-10-7-9-20(3)17-23)41(39,40)24-15-13-22(31)14-16-24/h7-17,21,28H,5-6,18-19H2,1-4H3,(H,34,38)/t21-,28+/m1/s1. The molecule has 0 radical (unpaired) electrons. The molecule has 0 heterocycles. The van der Waals surface area contributed by atoms with Crippen molar-refractivity contribution in [2.24, 2.45) is 0 Å². The summed E-state index contributed by atoms with van der Waals surface area (Å²) in [6.45, 7) is 6.78. The molecule has 0 aliphatic carbocycles. The van der Waals surface area contributed by atoms with E-state index in [9.17, 15) is 18.0 Å². The molecule has 0 aliphatic rings. The number of amides is 2. The highest BCUT2D eigenvalue weighted by atomic mass is 35.5. The van der Waals surface area contributed by atoms with Crippen molar-refractivity contribution in [1.29, 1.82) is 0 Å². The van der Waals surface area contributed by atoms with Gasteiger partial charge in [0.1, 0.15) is 12.6 Å². The first-order valence-corrected chi connectivity index (χ1v) is 15.8. The first-order chi connectivity index (χ1) is 19.4. The Balaban J connectivity index is 2.10. The topological polar surface area (TPSA) is 86.8 Å². The summed E-state index contributed by atoms with van der Waals surface area (Å²) in [7, 11) is -4.21. The van der Waals surface area contributed by atoms with Crippen LogP contribution in [0.15, 0.2) is 71.6 Å². The van der Waals surface area contributed by atoms with Crippen LogP contribution >= 0.6 is 34.8 Å². The molecular formula is C30H34Cl3N3O4S. The lowest BCUT2D eigenvalue weighted by Crippen LogP contribution is -2.53. The Morgan fingerprint density at radius 3 is 2.07 bits per heavy atom. The van der Waals surface area contributed by atoms with Gasteiger partial charge in [-0.3, -0.25) is 13.9 Å². The number of halogens is 3. The van der Waals surface area contributed by atoms with Crippen LogP contribution in [0, 0.1) is 6.92 Å². The molecule has 3 aromatic rings. The maximum absolute atomic E-state index is 14.2. The number of nitrogens with zero attached hydrogens (tertiary/aromatic N) is 2. The fraction of sp³-hybridized carbons (Fsp3) is 0.333. The Morgan fingerprint density at radius 2 is 1.51 bits per heavy atom. The second-order valence-corrected chi connectivity index (χ2v) is 12.9. The number of nitrogens with one attached hydrogen (secondary N) is 1. The molecule has 0 unspecified atom stereocenters. The molecule has 1 N–H and O–H groups in total. The molecule has 0 aliphatic heterocycles. The van der Waals surface area contributed by atoms with Gasteiger partial charge in [-0.05, 0) is 80.8 Å². The van der Waals surface area contributed by atoms with E-state index in [0.29, 0.717) is 32.7 Å². The summed E-state index contributed by atoms with van der Waals surface area (Å²) in [6, 6.07) is 16.5. The molecule has 0 bridgehead atoms. The van der Waals surface area contributed by atoms with Crippen LogP contribution in [0.5, 0.6) is 0 Å². The van der Waals surface area contributed by atoms with Crippen LogP contribution < -0.4 is 9.62 Å². The first-order valence-electron chi connectivity index (χ1n) is 13.3. The molecular weight excluding hydrogens is 605 g/mol. The van der Waals surface area contributed by atoms with E-state index in [1.54, 1.807) is 43.3 Å². The third-order valence-electron chi connectivity index (χ3n) is 6.75. The number of hydrogen-bond acceptors (Lipinski definition) is 4. The van der Waals surface area contributed by atoms with E-state index >= 15 is 0 Å². The molecule has 41 heavy (non-hydrogen) atoms. The second kappa shape index (κ2) is 14.4. The van der Waals surface area contributed by atoms with E-state index in [0.717, 1.165) is 9.87 Å². The van der Waals surface area contributed by atoms with Crippen LogP contribution in [-0.2, 0) is 26.2 Å². The van der Waals surface area contributed by atoms with E-state index in [2.05, 4.69) is 5.32 Å². The molecule has 2 atom stereocenters. The summed E-state index contributed by atoms with van der Waals surface area (Å²) in [5, 5.41) is 3.98. The van der Waals surface area contributed by atoms with Gasteiger partial charge in [0.2, 0.25) is 11.8 Å². The van der Waals surface area contributed by atoms with Crippen molar-refractivity contribution < 1.29 is 18.0 Å². The van der Waals surface area contributed by atoms with Crippen molar-refractivity contribution in [2.75, 3.05) is 10.8 Å². The lowest BCUT2D eigenvalue weighted by Gasteiger charge is -2.34. The van der Waals surface area contributed by atoms with Crippen LogP contribution in [0.2, 0.25) is 15.1 Å². The number of rotatable bonds is 12. The van der Waals surface area contributed by atoms with Crippen LogP contribution in [0.25, 0.3) is 0 Å². The normalized spacial score (nSPS) is 12.9. The fourth-order valence-electron chi connectivity index (χ4n) is 4.26. The zero-order valence-corrected chi connectivity index (χ0v) is 26.5. The van der Waals surface area contributed by atoms with Gasteiger partial charge in [-0.25, -0.2) is 8.42 Å². The number of carbonyl (C=O) groups is 2. The minimum Gasteiger partial charge on any atom is -0.352 e. The number of hydrogen-bond donors (Lipinski definition) is 1. The van der Waals surface area contributed by atoms with Crippen molar-refractivity contribution in [3.63, 3.8) is 0 Å². The number of carbonyl (C=O) groups excluding carboxylic acids is 2. The number of benzene rings is 3. The monoisotopic (exact) mass is 637 g/mol. The molecule has 3 aromatic carbocycles. The molecule has 0 aromatic heterocycles. The molecule has 7 nitrogen and oxygen atoms in total. The summed E-state index contributed by atoms with van der Waals surface area (Å²) >= 11 is 18.9. The van der Waals surface area contributed by atoms with Crippen LogP contribution in [0.1, 0.15) is 44.7 Å². The number of anilines is 1. The molecule has 0 spiro atoms. The largest absolute Gasteiger partial charge is 0.352 e. The molecule has 0 fully saturated rings. The van der Waals surface area contributed by atoms with Crippen LogP contribution in [0.3, 0.4) is 0 Å². The van der Waals surface area contributed by atoms with E-state index in [1.165, 1.54) is 29.2 Å². The van der Waals surface area contributed by atoms with Gasteiger partial charge in [0, 0.05) is 33.2 Å². The Morgan fingerprint density at radius 1 is 0.902 bits per heavy atom. The fourth-order valence-corrected chi connectivity index (χ4v) is 6.31. The highest BCUT2D eigenvalue weighted by Gasteiger charge is 2.34. The second-order valence-electron chi connectivity index (χ2n) is 9.77. The van der Waals surface area contributed by atoms with Crippen molar-refractivity contribution >= 4 is 62.3 Å². The minimum absolute atomic E-state index is 0.0292. The highest BCUT2D eigenvalue weighted by molar-refractivity contribution is 7.92. The average molecular weight is 639 g/mol. The van der Waals surface area contributed by atoms with Gasteiger partial charge < -0.3 is 10.2 Å². The van der Waals surface area contributed by atoms with Crippen LogP contribution in [0.4, 0.5) is 5.69 Å². The maximum Gasteiger partial charge on any atom is 0.264 e. The molecule has 220 valence electrons. The van der Waals surface area contributed by atoms with E-state index in [1.807, 2.05) is 26.8 Å². The SMILES string of the molecule is CC[C@@H](C)NC(=O)[C@H](CC)N(Cc1c(Cl)cccc1Cl)C(=O)CN(c1cccc(C)c1)S(=O)(=O)c1ccc(Cl)cc1. The summed E-state index contributed by atoms with van der Waals surface area (Å²) in [4.78, 5) is 28.9. The average Bonchev–Trinajstić information content (AvgIpc) is 2.93. The third-order valence-corrected chi connectivity index (χ3v) is 9.50. The van der Waals surface area contributed by atoms with E-state index in [4.69, 9.17) is 34.8 Å². The smallest absolute Gasteiger partial charge is 0.264 e. The maximum atomic E-state index is 14.2. The Bertz CT molecular complexity index is 1460. The van der Waals surface area contributed by atoms with Gasteiger partial charge in [-0.15, -0.1) is 0 Å². The summed E-state index contributed by atoms with van der Waals surface area (Å²) < 4.78 is 28.9. The summed E-state index contributed by atoms with van der Waals surface area (Å²) in [5.41, 5.74) is 1.58. The molecule has 0 saturated heterocycles. The zero-order valence-electron chi connectivity index (χ0n) is 23.4. The molecule has 3 rings (SSSR count). The third kappa shape index (κ3) is 8.16. The summed E-state index contributed by atoms with van der Waals surface area (Å²) in [5.74, 6) is -0.938. The van der Waals surface area contributed by atoms with Gasteiger partial charge in [-0.2, -0.15) is 0 Å². The summed E-state index contributed by atoms with van der Waals surface area (Å²) in [6.07, 6.45) is 0.984. The van der Waals surface area contributed by atoms with Gasteiger partial charge >= 0.3 is 0 Å². The Kier molecular flexibility index (Phi) is 11.5. The lowest BCUT2D eigenvalue weighted by atomic mass is 10.1. The molecule has 2 amide bonds. The Hall–Kier alpha value is -2.78. The van der Waals surface area contributed by atoms with Gasteiger partial charge in [0.25, 0.3) is 10.0 Å². The van der Waals surface area contributed by atoms with E-state index in [-0.39, 0.29) is 29.8 Å². The number of aryl methyl sites for hydroxylation is 1. The first kappa shape index (κ1) is 32.7. The highest BCUT2D eigenvalue weighted by Crippen LogP contribution is 2.29. The van der Waals surface area contributed by atoms with Gasteiger partial charge in [-0.1, -0.05) is 66.8 Å². The molecule has 0 saturated carbocycles. The van der Waals surface area contributed by atoms with Crippen molar-refractivity contribution in [2.45, 2.75) is 64.1 Å². The minimum atomic E-state index is -4.21.